The molecule has 0 fully saturated rings. The maximum absolute atomic E-state index is 6.71. The monoisotopic (exact) mass is 815 g/mol. The second-order valence-electron chi connectivity index (χ2n) is 16.9. The third kappa shape index (κ3) is 4.43. The van der Waals surface area contributed by atoms with Crippen molar-refractivity contribution in [2.75, 3.05) is 0 Å². The largest absolute Gasteiger partial charge is 0.437 e. The molecule has 6 aromatic heterocycles. The van der Waals surface area contributed by atoms with Gasteiger partial charge >= 0.3 is 0 Å². The molecule has 15 aromatic rings. The van der Waals surface area contributed by atoms with Crippen LogP contribution >= 0.6 is 0 Å². The molecular weight excluding hydrogens is 783 g/mol. The van der Waals surface area contributed by atoms with Gasteiger partial charge in [0.05, 0.1) is 44.0 Å². The van der Waals surface area contributed by atoms with Crippen LogP contribution in [0.1, 0.15) is 0 Å². The lowest BCUT2D eigenvalue weighted by molar-refractivity contribution is 0.653. The molecule has 0 N–H and O–H groups in total. The number of benzene rings is 9. The van der Waals surface area contributed by atoms with Crippen molar-refractivity contribution in [1.29, 1.82) is 0 Å². The van der Waals surface area contributed by atoms with Crippen molar-refractivity contribution in [1.82, 2.24) is 23.5 Å². The number of hydrogen-bond acceptors (Lipinski definition) is 3. The highest BCUT2D eigenvalue weighted by Crippen LogP contribution is 2.48. The van der Waals surface area contributed by atoms with Crippen LogP contribution in [0.4, 0.5) is 0 Å². The van der Waals surface area contributed by atoms with Gasteiger partial charge in [-0.05, 0) is 77.9 Å². The Labute approximate surface area is 364 Å². The highest BCUT2D eigenvalue weighted by molar-refractivity contribution is 6.34. The fraction of sp³-hybridized carbons (Fsp3) is 0. The Kier molecular flexibility index (Phi) is 6.59. The maximum Gasteiger partial charge on any atom is 0.233 e. The molecule has 15 rings (SSSR count). The third-order valence-electron chi connectivity index (χ3n) is 13.6. The van der Waals surface area contributed by atoms with Gasteiger partial charge in [0.1, 0.15) is 5.58 Å². The molecule has 0 aliphatic heterocycles. The van der Waals surface area contributed by atoms with Crippen LogP contribution in [0.25, 0.3) is 138 Å². The van der Waals surface area contributed by atoms with Crippen molar-refractivity contribution in [3.05, 3.63) is 200 Å². The molecule has 6 heteroatoms. The van der Waals surface area contributed by atoms with Crippen LogP contribution in [-0.2, 0) is 0 Å². The van der Waals surface area contributed by atoms with Gasteiger partial charge in [0.25, 0.3) is 0 Å². The van der Waals surface area contributed by atoms with Gasteiger partial charge < -0.3 is 13.4 Å². The van der Waals surface area contributed by atoms with E-state index >= 15 is 0 Å². The molecule has 9 aromatic carbocycles. The Hall–Kier alpha value is -8.74. The average molecular weight is 816 g/mol. The molecule has 0 saturated carbocycles. The number of hydrogen-bond donors (Lipinski definition) is 0. The summed E-state index contributed by atoms with van der Waals surface area (Å²) in [5, 5.41) is 11.4. The van der Waals surface area contributed by atoms with Gasteiger partial charge in [0, 0.05) is 59.7 Å². The number of rotatable bonds is 4. The number of fused-ring (bicyclic) bond motifs is 16. The molecule has 0 unspecified atom stereocenters. The van der Waals surface area contributed by atoms with Crippen LogP contribution in [0.15, 0.2) is 205 Å². The Morgan fingerprint density at radius 1 is 0.344 bits per heavy atom. The summed E-state index contributed by atoms with van der Waals surface area (Å²) in [6.45, 7) is 0. The van der Waals surface area contributed by atoms with Gasteiger partial charge in [0.15, 0.2) is 11.6 Å². The number of aromatic nitrogens is 5. The molecular formula is C58H33N5O. The topological polar surface area (TPSA) is 53.2 Å². The van der Waals surface area contributed by atoms with Crippen molar-refractivity contribution < 1.29 is 4.42 Å². The zero-order valence-corrected chi connectivity index (χ0v) is 34.2. The van der Waals surface area contributed by atoms with Crippen molar-refractivity contribution in [2.24, 2.45) is 0 Å². The first kappa shape index (κ1) is 33.9. The molecule has 0 aliphatic carbocycles. The standard InChI is InChI=1S/C58H33N5O/c1-3-15-34(16-4-1)35-27-29-40-45-33-44-39-20-8-12-24-47(39)63(55(44)52-41-21-9-13-25-48(41)62(54(45)52)50(40)32-35)57-53-42-22-10-14-26-51(42)64-58(53)60-56(59-57)36-28-30-49-43(31-36)38-19-7-11-23-46(38)61(49)37-17-5-2-6-18-37/h1-33H. The molecule has 0 saturated heterocycles. The normalized spacial score (nSPS) is 12.4. The summed E-state index contributed by atoms with van der Waals surface area (Å²) in [7, 11) is 0. The number of nitrogens with zero attached hydrogens (tertiary/aromatic N) is 5. The SMILES string of the molecule is c1ccc(-c2ccc3c4cc5c6ccccc6n(-c6nc(-c7ccc8c(c7)c7ccccc7n8-c7ccccc7)nc7oc8ccccc8c67)c5c5c6ccccc6n(c3c2)c45)cc1. The molecule has 6 nitrogen and oxygen atoms in total. The fourth-order valence-electron chi connectivity index (χ4n) is 10.9. The van der Waals surface area contributed by atoms with Gasteiger partial charge in [-0.3, -0.25) is 4.57 Å². The van der Waals surface area contributed by atoms with E-state index in [1.54, 1.807) is 0 Å². The van der Waals surface area contributed by atoms with Crippen molar-refractivity contribution in [2.45, 2.75) is 0 Å². The van der Waals surface area contributed by atoms with Crippen molar-refractivity contribution in [3.63, 3.8) is 0 Å². The van der Waals surface area contributed by atoms with E-state index in [4.69, 9.17) is 14.4 Å². The molecule has 0 radical (unpaired) electrons. The van der Waals surface area contributed by atoms with E-state index in [1.165, 1.54) is 60.0 Å². The third-order valence-corrected chi connectivity index (χ3v) is 13.6. The maximum atomic E-state index is 6.71. The predicted octanol–water partition coefficient (Wildman–Crippen LogP) is 15.1. The summed E-state index contributed by atoms with van der Waals surface area (Å²) in [6, 6.07) is 71.7. The van der Waals surface area contributed by atoms with E-state index in [-0.39, 0.29) is 0 Å². The molecule has 0 spiro atoms. The summed E-state index contributed by atoms with van der Waals surface area (Å²) in [6.07, 6.45) is 0. The molecule has 0 aliphatic rings. The zero-order chi connectivity index (χ0) is 41.6. The minimum atomic E-state index is 0.555. The Morgan fingerprint density at radius 2 is 0.953 bits per heavy atom. The molecule has 296 valence electrons. The van der Waals surface area contributed by atoms with Crippen molar-refractivity contribution >= 4 is 104 Å². The summed E-state index contributed by atoms with van der Waals surface area (Å²) in [5.74, 6) is 1.39. The second kappa shape index (κ2) is 12.4. The first-order valence-electron chi connectivity index (χ1n) is 21.7. The molecule has 0 amide bonds. The quantitative estimate of drug-likeness (QED) is 0.178. The van der Waals surface area contributed by atoms with Gasteiger partial charge in [-0.15, -0.1) is 0 Å². The van der Waals surface area contributed by atoms with Crippen LogP contribution in [-0.4, -0.2) is 23.5 Å². The highest BCUT2D eigenvalue weighted by Gasteiger charge is 2.27. The zero-order valence-electron chi connectivity index (χ0n) is 34.2. The van der Waals surface area contributed by atoms with E-state index in [9.17, 15) is 0 Å². The minimum Gasteiger partial charge on any atom is -0.437 e. The summed E-state index contributed by atoms with van der Waals surface area (Å²) >= 11 is 0. The molecule has 6 heterocycles. The Balaban J connectivity index is 1.07. The average Bonchev–Trinajstić information content (AvgIpc) is 4.16. The van der Waals surface area contributed by atoms with Gasteiger partial charge in [-0.1, -0.05) is 133 Å². The molecule has 0 atom stereocenters. The number of furan rings is 1. The van der Waals surface area contributed by atoms with Crippen LogP contribution in [0.3, 0.4) is 0 Å². The minimum absolute atomic E-state index is 0.555. The van der Waals surface area contributed by atoms with Gasteiger partial charge in [-0.2, -0.15) is 4.98 Å². The van der Waals surface area contributed by atoms with E-state index in [0.717, 1.165) is 66.3 Å². The van der Waals surface area contributed by atoms with Crippen LogP contribution in [0.5, 0.6) is 0 Å². The van der Waals surface area contributed by atoms with Gasteiger partial charge in [0.2, 0.25) is 5.71 Å². The number of para-hydroxylation sites is 5. The smallest absolute Gasteiger partial charge is 0.233 e. The summed E-state index contributed by atoms with van der Waals surface area (Å²) < 4.78 is 13.9. The second-order valence-corrected chi connectivity index (χ2v) is 16.9. The van der Waals surface area contributed by atoms with Crippen LogP contribution in [0.2, 0.25) is 0 Å². The van der Waals surface area contributed by atoms with Crippen LogP contribution in [0, 0.1) is 0 Å². The predicted molar refractivity (Wildman–Crippen MR) is 264 cm³/mol. The summed E-state index contributed by atoms with van der Waals surface area (Å²) in [4.78, 5) is 10.9. The lowest BCUT2D eigenvalue weighted by Crippen LogP contribution is -2.02. The lowest BCUT2D eigenvalue weighted by atomic mass is 10.0. The van der Waals surface area contributed by atoms with E-state index < -0.39 is 0 Å². The first-order valence-corrected chi connectivity index (χ1v) is 21.7. The fourth-order valence-corrected chi connectivity index (χ4v) is 10.9. The first-order chi connectivity index (χ1) is 31.8. The Morgan fingerprint density at radius 3 is 1.77 bits per heavy atom. The van der Waals surface area contributed by atoms with Crippen LogP contribution < -0.4 is 0 Å². The van der Waals surface area contributed by atoms with Crippen molar-refractivity contribution in [3.8, 4) is 34.0 Å². The van der Waals surface area contributed by atoms with Gasteiger partial charge in [-0.25, -0.2) is 4.98 Å². The molecule has 0 bridgehead atoms. The summed E-state index contributed by atoms with van der Waals surface area (Å²) in [5.41, 5.74) is 13.8. The Bertz CT molecular complexity index is 4420. The lowest BCUT2D eigenvalue weighted by Gasteiger charge is -2.12. The highest BCUT2D eigenvalue weighted by atomic mass is 16.3. The van der Waals surface area contributed by atoms with E-state index in [1.807, 2.05) is 12.1 Å². The van der Waals surface area contributed by atoms with E-state index in [0.29, 0.717) is 11.5 Å². The molecule has 64 heavy (non-hydrogen) atoms. The van der Waals surface area contributed by atoms with E-state index in [2.05, 4.69) is 202 Å².